The first-order chi connectivity index (χ1) is 15.0. The van der Waals surface area contributed by atoms with Gasteiger partial charge in [-0.05, 0) is 30.3 Å². The van der Waals surface area contributed by atoms with Crippen molar-refractivity contribution in [2.75, 3.05) is 33.0 Å². The molecule has 0 aromatic heterocycles. The summed E-state index contributed by atoms with van der Waals surface area (Å²) < 4.78 is 26.5. The van der Waals surface area contributed by atoms with E-state index in [0.29, 0.717) is 28.6 Å². The van der Waals surface area contributed by atoms with E-state index in [4.69, 9.17) is 23.7 Å². The van der Waals surface area contributed by atoms with Crippen LogP contribution >= 0.6 is 0 Å². The molecule has 10 heteroatoms. The van der Waals surface area contributed by atoms with Crippen molar-refractivity contribution in [1.82, 2.24) is 5.32 Å². The maximum absolute atomic E-state index is 13.1. The number of ether oxygens (including phenoxy) is 5. The molecule has 2 aliphatic rings. The standard InChI is InChI=1S/C21H18N2O8/c1-27-15-6-4-11(17(28-2)18(15)29-3)8-13-19(24)22-21(26)23(20(13)25)12-5-7-14-16(9-12)31-10-30-14/h4-9H,10H2,1-3H3,(H,22,24,26)/b13-8-. The quantitative estimate of drug-likeness (QED) is 0.571. The van der Waals surface area contributed by atoms with Crippen LogP contribution in [0, 0.1) is 0 Å². The number of nitrogens with one attached hydrogen (secondary N) is 1. The average Bonchev–Trinajstić information content (AvgIpc) is 3.23. The summed E-state index contributed by atoms with van der Waals surface area (Å²) in [5, 5.41) is 2.18. The van der Waals surface area contributed by atoms with E-state index in [1.807, 2.05) is 0 Å². The fourth-order valence-corrected chi connectivity index (χ4v) is 3.31. The summed E-state index contributed by atoms with van der Waals surface area (Å²) in [6.07, 6.45) is 1.32. The van der Waals surface area contributed by atoms with E-state index < -0.39 is 17.8 Å². The molecular weight excluding hydrogens is 408 g/mol. The van der Waals surface area contributed by atoms with Gasteiger partial charge in [-0.25, -0.2) is 9.69 Å². The van der Waals surface area contributed by atoms with E-state index in [2.05, 4.69) is 5.32 Å². The molecule has 2 aliphatic heterocycles. The summed E-state index contributed by atoms with van der Waals surface area (Å²) >= 11 is 0. The van der Waals surface area contributed by atoms with Crippen LogP contribution in [-0.4, -0.2) is 46.0 Å². The van der Waals surface area contributed by atoms with Crippen LogP contribution in [0.1, 0.15) is 5.56 Å². The Morgan fingerprint density at radius 2 is 1.68 bits per heavy atom. The van der Waals surface area contributed by atoms with Crippen LogP contribution < -0.4 is 33.9 Å². The van der Waals surface area contributed by atoms with E-state index in [9.17, 15) is 14.4 Å². The van der Waals surface area contributed by atoms with E-state index in [0.717, 1.165) is 4.90 Å². The number of imide groups is 2. The summed E-state index contributed by atoms with van der Waals surface area (Å²) in [6, 6.07) is 6.94. The SMILES string of the molecule is COc1ccc(/C=C2/C(=O)NC(=O)N(c3ccc4c(c3)OCO4)C2=O)c(OC)c1OC. The normalized spacial score (nSPS) is 16.4. The fraction of sp³-hybridized carbons (Fsp3) is 0.190. The zero-order chi connectivity index (χ0) is 22.1. The second-order valence-corrected chi connectivity index (χ2v) is 6.42. The Labute approximate surface area is 176 Å². The lowest BCUT2D eigenvalue weighted by Gasteiger charge is -2.26. The van der Waals surface area contributed by atoms with E-state index >= 15 is 0 Å². The van der Waals surface area contributed by atoms with Crippen molar-refractivity contribution in [2.24, 2.45) is 0 Å². The van der Waals surface area contributed by atoms with Crippen LogP contribution in [0.2, 0.25) is 0 Å². The third kappa shape index (κ3) is 3.37. The minimum atomic E-state index is -0.870. The fourth-order valence-electron chi connectivity index (χ4n) is 3.31. The Bertz CT molecular complexity index is 1120. The van der Waals surface area contributed by atoms with Gasteiger partial charge < -0.3 is 23.7 Å². The zero-order valence-corrected chi connectivity index (χ0v) is 16.9. The Hall–Kier alpha value is -4.21. The van der Waals surface area contributed by atoms with Gasteiger partial charge in [0.05, 0.1) is 27.0 Å². The molecule has 0 spiro atoms. The highest BCUT2D eigenvalue weighted by molar-refractivity contribution is 6.39. The van der Waals surface area contributed by atoms with Gasteiger partial charge in [0.15, 0.2) is 23.0 Å². The first-order valence-electron chi connectivity index (χ1n) is 9.08. The maximum atomic E-state index is 13.1. The number of anilines is 1. The lowest BCUT2D eigenvalue weighted by Crippen LogP contribution is -2.54. The number of carbonyl (C=O) groups is 3. The molecule has 2 aromatic rings. The number of nitrogens with zero attached hydrogens (tertiary/aromatic N) is 1. The second kappa shape index (κ2) is 7.90. The first-order valence-corrected chi connectivity index (χ1v) is 9.08. The van der Waals surface area contributed by atoms with Crippen LogP contribution in [0.15, 0.2) is 35.9 Å². The molecule has 4 rings (SSSR count). The molecule has 0 atom stereocenters. The number of methoxy groups -OCH3 is 3. The van der Waals surface area contributed by atoms with Gasteiger partial charge in [0.1, 0.15) is 5.57 Å². The topological polar surface area (TPSA) is 113 Å². The van der Waals surface area contributed by atoms with Crippen LogP contribution in [0.5, 0.6) is 28.7 Å². The predicted molar refractivity (Wildman–Crippen MR) is 108 cm³/mol. The van der Waals surface area contributed by atoms with Gasteiger partial charge in [-0.3, -0.25) is 14.9 Å². The molecule has 4 amide bonds. The molecule has 10 nitrogen and oxygen atoms in total. The molecular formula is C21H18N2O8. The molecule has 2 aromatic carbocycles. The van der Waals surface area contributed by atoms with Gasteiger partial charge in [0, 0.05) is 11.6 Å². The van der Waals surface area contributed by atoms with Gasteiger partial charge >= 0.3 is 6.03 Å². The molecule has 0 saturated carbocycles. The molecule has 0 radical (unpaired) electrons. The van der Waals surface area contributed by atoms with E-state index in [1.54, 1.807) is 18.2 Å². The highest BCUT2D eigenvalue weighted by Crippen LogP contribution is 2.41. The molecule has 0 aliphatic carbocycles. The van der Waals surface area contributed by atoms with E-state index in [1.165, 1.54) is 39.5 Å². The van der Waals surface area contributed by atoms with Crippen LogP contribution in [-0.2, 0) is 9.59 Å². The number of benzene rings is 2. The number of fused-ring (bicyclic) bond motifs is 1. The van der Waals surface area contributed by atoms with Crippen molar-refractivity contribution in [2.45, 2.75) is 0 Å². The molecule has 31 heavy (non-hydrogen) atoms. The Morgan fingerprint density at radius 3 is 2.39 bits per heavy atom. The number of hydrogen-bond acceptors (Lipinski definition) is 8. The third-order valence-electron chi connectivity index (χ3n) is 4.75. The first kappa shape index (κ1) is 20.1. The summed E-state index contributed by atoms with van der Waals surface area (Å²) in [5.74, 6) is 0.234. The van der Waals surface area contributed by atoms with Crippen molar-refractivity contribution in [3.05, 3.63) is 41.5 Å². The number of barbiturate groups is 1. The largest absolute Gasteiger partial charge is 0.493 e. The van der Waals surface area contributed by atoms with Gasteiger partial charge in [0.2, 0.25) is 12.5 Å². The summed E-state index contributed by atoms with van der Waals surface area (Å²) in [6.45, 7) is 0.0433. The minimum Gasteiger partial charge on any atom is -0.493 e. The van der Waals surface area contributed by atoms with Gasteiger partial charge in [-0.2, -0.15) is 0 Å². The zero-order valence-electron chi connectivity index (χ0n) is 16.9. The molecule has 0 bridgehead atoms. The predicted octanol–water partition coefficient (Wildman–Crippen LogP) is 2.11. The number of carbonyl (C=O) groups excluding carboxylic acids is 3. The molecule has 0 unspecified atom stereocenters. The van der Waals surface area contributed by atoms with Crippen molar-refractivity contribution in [3.63, 3.8) is 0 Å². The van der Waals surface area contributed by atoms with Gasteiger partial charge in [-0.1, -0.05) is 0 Å². The molecule has 1 N–H and O–H groups in total. The summed E-state index contributed by atoms with van der Waals surface area (Å²) in [7, 11) is 4.34. The van der Waals surface area contributed by atoms with Crippen molar-refractivity contribution < 1.29 is 38.1 Å². The third-order valence-corrected chi connectivity index (χ3v) is 4.75. The van der Waals surface area contributed by atoms with E-state index in [-0.39, 0.29) is 23.8 Å². The van der Waals surface area contributed by atoms with Crippen LogP contribution in [0.3, 0.4) is 0 Å². The van der Waals surface area contributed by atoms with Crippen molar-refractivity contribution >= 4 is 29.6 Å². The number of amides is 4. The van der Waals surface area contributed by atoms with Crippen molar-refractivity contribution in [3.8, 4) is 28.7 Å². The molecule has 1 saturated heterocycles. The van der Waals surface area contributed by atoms with Gasteiger partial charge in [-0.15, -0.1) is 0 Å². The summed E-state index contributed by atoms with van der Waals surface area (Å²) in [4.78, 5) is 38.9. The second-order valence-electron chi connectivity index (χ2n) is 6.42. The highest BCUT2D eigenvalue weighted by atomic mass is 16.7. The highest BCUT2D eigenvalue weighted by Gasteiger charge is 2.37. The van der Waals surface area contributed by atoms with Gasteiger partial charge in [0.25, 0.3) is 11.8 Å². The monoisotopic (exact) mass is 426 g/mol. The average molecular weight is 426 g/mol. The number of hydrogen-bond donors (Lipinski definition) is 1. The Balaban J connectivity index is 1.77. The smallest absolute Gasteiger partial charge is 0.335 e. The molecule has 160 valence electrons. The maximum Gasteiger partial charge on any atom is 0.335 e. The Kier molecular flexibility index (Phi) is 5.12. The summed E-state index contributed by atoms with van der Waals surface area (Å²) in [5.41, 5.74) is 0.353. The van der Waals surface area contributed by atoms with Crippen LogP contribution in [0.4, 0.5) is 10.5 Å². The number of rotatable bonds is 5. The lowest BCUT2D eigenvalue weighted by atomic mass is 10.0. The minimum absolute atomic E-state index is 0.0433. The lowest BCUT2D eigenvalue weighted by molar-refractivity contribution is -0.122. The molecule has 1 fully saturated rings. The van der Waals surface area contributed by atoms with Crippen molar-refractivity contribution in [1.29, 1.82) is 0 Å². The Morgan fingerprint density at radius 1 is 0.935 bits per heavy atom. The van der Waals surface area contributed by atoms with Crippen LogP contribution in [0.25, 0.3) is 6.08 Å². The number of urea groups is 1. The molecule has 2 heterocycles.